The minimum absolute atomic E-state index is 0.0211. The third-order valence-corrected chi connectivity index (χ3v) is 4.93. The van der Waals surface area contributed by atoms with Crippen LogP contribution >= 0.6 is 27.7 Å². The highest BCUT2D eigenvalue weighted by atomic mass is 79.9. The maximum absolute atomic E-state index is 12.2. The molecule has 0 fully saturated rings. The van der Waals surface area contributed by atoms with Crippen molar-refractivity contribution in [1.29, 1.82) is 0 Å². The normalized spacial score (nSPS) is 12.0. The Balaban J connectivity index is 1.88. The number of quaternary nitrogens is 1. The van der Waals surface area contributed by atoms with Crippen molar-refractivity contribution in [3.05, 3.63) is 58.1 Å². The topological polar surface area (TPSA) is 33.5 Å². The van der Waals surface area contributed by atoms with E-state index in [4.69, 9.17) is 0 Å². The van der Waals surface area contributed by atoms with Gasteiger partial charge in [-0.3, -0.25) is 4.79 Å². The summed E-state index contributed by atoms with van der Waals surface area (Å²) < 4.78 is 0.913. The number of amides is 1. The summed E-state index contributed by atoms with van der Waals surface area (Å²) in [4.78, 5) is 14.6. The van der Waals surface area contributed by atoms with Crippen LogP contribution in [-0.2, 0) is 11.3 Å². The van der Waals surface area contributed by atoms with Gasteiger partial charge in [0.25, 0.3) is 5.91 Å². The van der Waals surface area contributed by atoms with Crippen LogP contribution in [0.25, 0.3) is 0 Å². The van der Waals surface area contributed by atoms with E-state index in [2.05, 4.69) is 51.8 Å². The van der Waals surface area contributed by atoms with Crippen molar-refractivity contribution in [3.63, 3.8) is 0 Å². The molecule has 5 heteroatoms. The Morgan fingerprint density at radius 2 is 1.91 bits per heavy atom. The molecule has 0 bridgehead atoms. The Morgan fingerprint density at radius 1 is 1.22 bits per heavy atom. The maximum atomic E-state index is 12.2. The molecule has 2 rings (SSSR count). The number of nitrogens with one attached hydrogen (secondary N) is 2. The summed E-state index contributed by atoms with van der Waals surface area (Å²) in [5.74, 6) is 0.0211. The van der Waals surface area contributed by atoms with Gasteiger partial charge in [-0.1, -0.05) is 18.2 Å². The number of thioether (sulfide) groups is 1. The minimum atomic E-state index is 0.0211. The average molecular weight is 394 g/mol. The van der Waals surface area contributed by atoms with Crippen molar-refractivity contribution in [3.8, 4) is 0 Å². The number of hydrogen-bond acceptors (Lipinski definition) is 2. The number of anilines is 1. The molecule has 2 N–H and O–H groups in total. The molecule has 0 aromatic heterocycles. The SMILES string of the molecule is CSc1ccc(C[NH+](C)CC(=O)Nc2ccc(C)cc2Br)cc1. The molecule has 2 aromatic carbocycles. The average Bonchev–Trinajstić information content (AvgIpc) is 2.50. The van der Waals surface area contributed by atoms with E-state index >= 15 is 0 Å². The molecule has 1 amide bonds. The number of halogens is 1. The van der Waals surface area contributed by atoms with Gasteiger partial charge in [-0.25, -0.2) is 0 Å². The standard InChI is InChI=1S/C18H21BrN2OS/c1-13-4-9-17(16(19)10-13)20-18(22)12-21(2)11-14-5-7-15(23-3)8-6-14/h4-10H,11-12H2,1-3H3,(H,20,22)/p+1. The Kier molecular flexibility index (Phi) is 6.69. The van der Waals surface area contributed by atoms with E-state index in [9.17, 15) is 4.79 Å². The molecule has 23 heavy (non-hydrogen) atoms. The molecular weight excluding hydrogens is 372 g/mol. The zero-order valence-corrected chi connectivity index (χ0v) is 16.1. The van der Waals surface area contributed by atoms with Gasteiger partial charge in [0.15, 0.2) is 6.54 Å². The number of carbonyl (C=O) groups is 1. The summed E-state index contributed by atoms with van der Waals surface area (Å²) >= 11 is 5.22. The summed E-state index contributed by atoms with van der Waals surface area (Å²) in [5, 5.41) is 2.96. The van der Waals surface area contributed by atoms with E-state index in [1.165, 1.54) is 10.5 Å². The van der Waals surface area contributed by atoms with Gasteiger partial charge in [-0.05, 0) is 58.9 Å². The van der Waals surface area contributed by atoms with E-state index in [0.717, 1.165) is 27.2 Å². The molecule has 0 aliphatic rings. The largest absolute Gasteiger partial charge is 0.326 e. The zero-order chi connectivity index (χ0) is 16.8. The first-order valence-corrected chi connectivity index (χ1v) is 9.50. The number of benzene rings is 2. The fourth-order valence-electron chi connectivity index (χ4n) is 2.34. The zero-order valence-electron chi connectivity index (χ0n) is 13.7. The molecule has 0 aliphatic heterocycles. The number of likely N-dealkylation sites (N-methyl/N-ethyl adjacent to an activating group) is 1. The monoisotopic (exact) mass is 393 g/mol. The number of rotatable bonds is 6. The van der Waals surface area contributed by atoms with Crippen molar-refractivity contribution >= 4 is 39.3 Å². The molecule has 122 valence electrons. The van der Waals surface area contributed by atoms with Gasteiger partial charge in [-0.2, -0.15) is 0 Å². The molecule has 1 atom stereocenters. The van der Waals surface area contributed by atoms with Crippen LogP contribution in [-0.4, -0.2) is 25.8 Å². The van der Waals surface area contributed by atoms with Crippen molar-refractivity contribution in [2.75, 3.05) is 25.2 Å². The number of aryl methyl sites for hydroxylation is 1. The highest BCUT2D eigenvalue weighted by Gasteiger charge is 2.12. The first-order valence-electron chi connectivity index (χ1n) is 7.48. The second kappa shape index (κ2) is 8.52. The first-order chi connectivity index (χ1) is 11.0. The summed E-state index contributed by atoms with van der Waals surface area (Å²) in [6.45, 7) is 3.29. The molecule has 0 heterocycles. The van der Waals surface area contributed by atoms with Crippen molar-refractivity contribution in [2.45, 2.75) is 18.4 Å². The highest BCUT2D eigenvalue weighted by Crippen LogP contribution is 2.23. The van der Waals surface area contributed by atoms with E-state index in [0.29, 0.717) is 6.54 Å². The van der Waals surface area contributed by atoms with E-state index < -0.39 is 0 Å². The second-order valence-electron chi connectivity index (χ2n) is 5.69. The van der Waals surface area contributed by atoms with Gasteiger partial charge in [0.1, 0.15) is 6.54 Å². The smallest absolute Gasteiger partial charge is 0.279 e. The Hall–Kier alpha value is -1.30. The molecular formula is C18H22BrN2OS+. The fourth-order valence-corrected chi connectivity index (χ4v) is 3.34. The first kappa shape index (κ1) is 18.0. The summed E-state index contributed by atoms with van der Waals surface area (Å²) in [6.07, 6.45) is 2.07. The van der Waals surface area contributed by atoms with Crippen LogP contribution in [0.3, 0.4) is 0 Å². The predicted octanol–water partition coefficient (Wildman–Crippen LogP) is 3.13. The third kappa shape index (κ3) is 5.68. The lowest BCUT2D eigenvalue weighted by Gasteiger charge is -2.15. The lowest BCUT2D eigenvalue weighted by atomic mass is 10.2. The highest BCUT2D eigenvalue weighted by molar-refractivity contribution is 9.10. The van der Waals surface area contributed by atoms with E-state index in [1.54, 1.807) is 11.8 Å². The molecule has 0 aliphatic carbocycles. The molecule has 0 spiro atoms. The number of hydrogen-bond donors (Lipinski definition) is 2. The molecule has 0 saturated heterocycles. The van der Waals surface area contributed by atoms with Gasteiger partial charge in [-0.15, -0.1) is 11.8 Å². The van der Waals surface area contributed by atoms with Crippen LogP contribution in [0.1, 0.15) is 11.1 Å². The number of carbonyl (C=O) groups excluding carboxylic acids is 1. The van der Waals surface area contributed by atoms with Crippen molar-refractivity contribution < 1.29 is 9.69 Å². The summed E-state index contributed by atoms with van der Waals surface area (Å²) in [7, 11) is 2.03. The summed E-state index contributed by atoms with van der Waals surface area (Å²) in [6, 6.07) is 14.4. The van der Waals surface area contributed by atoms with Crippen molar-refractivity contribution in [1.82, 2.24) is 0 Å². The minimum Gasteiger partial charge on any atom is -0.326 e. The van der Waals surface area contributed by atoms with Gasteiger partial charge in [0.2, 0.25) is 0 Å². The van der Waals surface area contributed by atoms with Crippen LogP contribution in [0.2, 0.25) is 0 Å². The fraction of sp³-hybridized carbons (Fsp3) is 0.278. The van der Waals surface area contributed by atoms with Crippen LogP contribution in [0, 0.1) is 6.92 Å². The van der Waals surface area contributed by atoms with Crippen molar-refractivity contribution in [2.24, 2.45) is 0 Å². The molecule has 0 radical (unpaired) electrons. The van der Waals surface area contributed by atoms with Crippen LogP contribution in [0.15, 0.2) is 51.8 Å². The molecule has 3 nitrogen and oxygen atoms in total. The molecule has 0 saturated carbocycles. The lowest BCUT2D eigenvalue weighted by molar-refractivity contribution is -0.885. The maximum Gasteiger partial charge on any atom is 0.279 e. The lowest BCUT2D eigenvalue weighted by Crippen LogP contribution is -3.08. The van der Waals surface area contributed by atoms with Crippen LogP contribution < -0.4 is 10.2 Å². The Morgan fingerprint density at radius 3 is 2.52 bits per heavy atom. The predicted molar refractivity (Wildman–Crippen MR) is 101 cm³/mol. The van der Waals surface area contributed by atoms with Crippen LogP contribution in [0.5, 0.6) is 0 Å². The third-order valence-electron chi connectivity index (χ3n) is 3.53. The second-order valence-corrected chi connectivity index (χ2v) is 7.42. The van der Waals surface area contributed by atoms with Gasteiger partial charge < -0.3 is 10.2 Å². The molecule has 2 aromatic rings. The van der Waals surface area contributed by atoms with Gasteiger partial charge in [0, 0.05) is 14.9 Å². The van der Waals surface area contributed by atoms with Gasteiger partial charge >= 0.3 is 0 Å². The quantitative estimate of drug-likeness (QED) is 0.739. The van der Waals surface area contributed by atoms with Crippen LogP contribution in [0.4, 0.5) is 5.69 Å². The summed E-state index contributed by atoms with van der Waals surface area (Å²) in [5.41, 5.74) is 3.22. The van der Waals surface area contributed by atoms with E-state index in [-0.39, 0.29) is 5.91 Å². The van der Waals surface area contributed by atoms with Gasteiger partial charge in [0.05, 0.1) is 12.7 Å². The van der Waals surface area contributed by atoms with E-state index in [1.807, 2.05) is 32.2 Å². The molecule has 1 unspecified atom stereocenters. The Bertz CT molecular complexity index is 673. The Labute approximate surface area is 150 Å².